The average Bonchev–Trinajstić information content (AvgIpc) is 3.20. The number of carbonyl (C=O) groups is 2. The van der Waals surface area contributed by atoms with E-state index in [4.69, 9.17) is 13.9 Å². The number of rotatable bonds is 7. The predicted octanol–water partition coefficient (Wildman–Crippen LogP) is 3.32. The number of hydrazine groups is 1. The molecule has 1 heterocycles. The van der Waals surface area contributed by atoms with Crippen molar-refractivity contribution in [2.45, 2.75) is 20.5 Å². The molecule has 7 heteroatoms. The highest BCUT2D eigenvalue weighted by atomic mass is 16.5. The molecule has 2 aromatic carbocycles. The van der Waals surface area contributed by atoms with Gasteiger partial charge in [0.05, 0.1) is 0 Å². The second-order valence-corrected chi connectivity index (χ2v) is 6.38. The van der Waals surface area contributed by atoms with Crippen LogP contribution in [0.25, 0.3) is 0 Å². The fourth-order valence-corrected chi connectivity index (χ4v) is 2.64. The zero-order chi connectivity index (χ0) is 20.6. The van der Waals surface area contributed by atoms with Gasteiger partial charge in [-0.2, -0.15) is 0 Å². The van der Waals surface area contributed by atoms with Crippen molar-refractivity contribution in [3.05, 3.63) is 83.3 Å². The number of ether oxygens (including phenoxy) is 2. The van der Waals surface area contributed by atoms with Crippen LogP contribution in [0.1, 0.15) is 27.4 Å². The van der Waals surface area contributed by atoms with Crippen LogP contribution in [0.5, 0.6) is 11.5 Å². The van der Waals surface area contributed by atoms with Gasteiger partial charge in [-0.15, -0.1) is 0 Å². The molecule has 2 N–H and O–H groups in total. The van der Waals surface area contributed by atoms with Crippen LogP contribution in [-0.4, -0.2) is 18.4 Å². The Bertz CT molecular complexity index is 962. The fraction of sp³-hybridized carbons (Fsp3) is 0.182. The van der Waals surface area contributed by atoms with Crippen molar-refractivity contribution in [3.8, 4) is 11.5 Å². The van der Waals surface area contributed by atoms with Crippen molar-refractivity contribution in [2.24, 2.45) is 0 Å². The first kappa shape index (κ1) is 20.0. The minimum absolute atomic E-state index is 0.0626. The maximum atomic E-state index is 12.1. The molecule has 150 valence electrons. The van der Waals surface area contributed by atoms with Crippen LogP contribution >= 0.6 is 0 Å². The SMILES string of the molecule is Cc1cccc(C)c1OCC(=O)NNC(=O)c1ccc(COc2ccccc2)o1. The fourth-order valence-electron chi connectivity index (χ4n) is 2.64. The molecular formula is C22H22N2O5. The molecule has 0 radical (unpaired) electrons. The Balaban J connectivity index is 1.44. The highest BCUT2D eigenvalue weighted by Gasteiger charge is 2.13. The van der Waals surface area contributed by atoms with Crippen molar-refractivity contribution in [3.63, 3.8) is 0 Å². The zero-order valence-corrected chi connectivity index (χ0v) is 16.2. The molecule has 0 aliphatic carbocycles. The summed E-state index contributed by atoms with van der Waals surface area (Å²) >= 11 is 0. The van der Waals surface area contributed by atoms with Gasteiger partial charge in [0.1, 0.15) is 23.9 Å². The lowest BCUT2D eigenvalue weighted by molar-refractivity contribution is -0.123. The normalized spacial score (nSPS) is 10.3. The number of furan rings is 1. The maximum Gasteiger partial charge on any atom is 0.305 e. The molecule has 0 fully saturated rings. The standard InChI is InChI=1S/C22H22N2O5/c1-15-7-6-8-16(2)21(15)28-14-20(25)23-24-22(26)19-12-11-18(29-19)13-27-17-9-4-3-5-10-17/h3-12H,13-14H2,1-2H3,(H,23,25)(H,24,26). The summed E-state index contributed by atoms with van der Waals surface area (Å²) in [6, 6.07) is 18.1. The summed E-state index contributed by atoms with van der Waals surface area (Å²) in [5, 5.41) is 0. The number of aryl methyl sites for hydroxylation is 2. The van der Waals surface area contributed by atoms with Gasteiger partial charge in [0, 0.05) is 0 Å². The lowest BCUT2D eigenvalue weighted by Gasteiger charge is -2.12. The summed E-state index contributed by atoms with van der Waals surface area (Å²) in [5.41, 5.74) is 6.47. The van der Waals surface area contributed by atoms with Crippen LogP contribution in [0.2, 0.25) is 0 Å². The van der Waals surface area contributed by atoms with Gasteiger partial charge in [-0.3, -0.25) is 20.4 Å². The second-order valence-electron chi connectivity index (χ2n) is 6.38. The first-order chi connectivity index (χ1) is 14.0. The van der Waals surface area contributed by atoms with Gasteiger partial charge < -0.3 is 13.9 Å². The number of nitrogens with one attached hydrogen (secondary N) is 2. The molecule has 1 aromatic heterocycles. The maximum absolute atomic E-state index is 12.1. The molecule has 2 amide bonds. The molecule has 3 rings (SSSR count). The number of amides is 2. The molecule has 0 saturated heterocycles. The van der Waals surface area contributed by atoms with Crippen molar-refractivity contribution in [1.29, 1.82) is 0 Å². The van der Waals surface area contributed by atoms with E-state index in [2.05, 4.69) is 10.9 Å². The Hall–Kier alpha value is -3.74. The molecule has 0 atom stereocenters. The number of hydrogen-bond acceptors (Lipinski definition) is 5. The summed E-state index contributed by atoms with van der Waals surface area (Å²) in [6.07, 6.45) is 0. The Labute approximate surface area is 168 Å². The molecule has 0 aliphatic rings. The highest BCUT2D eigenvalue weighted by molar-refractivity contribution is 5.93. The van der Waals surface area contributed by atoms with Crippen molar-refractivity contribution in [2.75, 3.05) is 6.61 Å². The summed E-state index contributed by atoms with van der Waals surface area (Å²) in [5.74, 6) is 0.849. The van der Waals surface area contributed by atoms with E-state index >= 15 is 0 Å². The average molecular weight is 394 g/mol. The largest absolute Gasteiger partial charge is 0.486 e. The minimum Gasteiger partial charge on any atom is -0.486 e. The van der Waals surface area contributed by atoms with Gasteiger partial charge in [0.2, 0.25) is 0 Å². The topological polar surface area (TPSA) is 89.8 Å². The van der Waals surface area contributed by atoms with E-state index in [0.717, 1.165) is 11.1 Å². The third kappa shape index (κ3) is 5.62. The van der Waals surface area contributed by atoms with Crippen LogP contribution in [-0.2, 0) is 11.4 Å². The molecule has 0 spiro atoms. The van der Waals surface area contributed by atoms with Gasteiger partial charge in [0.25, 0.3) is 5.91 Å². The van der Waals surface area contributed by atoms with E-state index < -0.39 is 11.8 Å². The molecule has 0 aliphatic heterocycles. The van der Waals surface area contributed by atoms with E-state index in [1.807, 2.05) is 62.4 Å². The van der Waals surface area contributed by atoms with Crippen LogP contribution in [0.3, 0.4) is 0 Å². The predicted molar refractivity (Wildman–Crippen MR) is 107 cm³/mol. The molecule has 3 aromatic rings. The summed E-state index contributed by atoms with van der Waals surface area (Å²) in [4.78, 5) is 24.1. The summed E-state index contributed by atoms with van der Waals surface area (Å²) in [6.45, 7) is 3.77. The Morgan fingerprint density at radius 1 is 0.862 bits per heavy atom. The molecule has 7 nitrogen and oxygen atoms in total. The zero-order valence-electron chi connectivity index (χ0n) is 16.2. The minimum atomic E-state index is -0.573. The van der Waals surface area contributed by atoms with Gasteiger partial charge in [0.15, 0.2) is 12.4 Å². The van der Waals surface area contributed by atoms with E-state index in [1.165, 1.54) is 6.07 Å². The molecule has 0 saturated carbocycles. The molecule has 0 unspecified atom stereocenters. The summed E-state index contributed by atoms with van der Waals surface area (Å²) in [7, 11) is 0. The first-order valence-corrected chi connectivity index (χ1v) is 9.07. The van der Waals surface area contributed by atoms with Crippen molar-refractivity contribution in [1.82, 2.24) is 10.9 Å². The lowest BCUT2D eigenvalue weighted by atomic mass is 10.1. The number of para-hydroxylation sites is 2. The Morgan fingerprint density at radius 2 is 1.59 bits per heavy atom. The third-order valence-electron chi connectivity index (χ3n) is 4.08. The Morgan fingerprint density at radius 3 is 2.31 bits per heavy atom. The van der Waals surface area contributed by atoms with Crippen LogP contribution in [0.15, 0.2) is 65.1 Å². The number of benzene rings is 2. The highest BCUT2D eigenvalue weighted by Crippen LogP contribution is 2.22. The lowest BCUT2D eigenvalue weighted by Crippen LogP contribution is -2.43. The third-order valence-corrected chi connectivity index (χ3v) is 4.08. The van der Waals surface area contributed by atoms with Crippen molar-refractivity contribution >= 4 is 11.8 Å². The Kier molecular flexibility index (Phi) is 6.52. The quantitative estimate of drug-likeness (QED) is 0.600. The van der Waals surface area contributed by atoms with Crippen LogP contribution < -0.4 is 20.3 Å². The second kappa shape index (κ2) is 9.45. The molecule has 0 bridgehead atoms. The van der Waals surface area contributed by atoms with E-state index in [0.29, 0.717) is 17.3 Å². The first-order valence-electron chi connectivity index (χ1n) is 9.07. The van der Waals surface area contributed by atoms with Gasteiger partial charge in [-0.05, 0) is 49.2 Å². The van der Waals surface area contributed by atoms with Crippen molar-refractivity contribution < 1.29 is 23.5 Å². The van der Waals surface area contributed by atoms with E-state index in [-0.39, 0.29) is 19.0 Å². The van der Waals surface area contributed by atoms with Crippen LogP contribution in [0.4, 0.5) is 0 Å². The molecular weight excluding hydrogens is 372 g/mol. The van der Waals surface area contributed by atoms with E-state index in [1.54, 1.807) is 6.07 Å². The summed E-state index contributed by atoms with van der Waals surface area (Å²) < 4.78 is 16.5. The number of carbonyl (C=O) groups excluding carboxylic acids is 2. The van der Waals surface area contributed by atoms with Gasteiger partial charge >= 0.3 is 5.91 Å². The smallest absolute Gasteiger partial charge is 0.305 e. The molecule has 29 heavy (non-hydrogen) atoms. The number of hydrogen-bond donors (Lipinski definition) is 2. The van der Waals surface area contributed by atoms with Gasteiger partial charge in [-0.25, -0.2) is 0 Å². The monoisotopic (exact) mass is 394 g/mol. The van der Waals surface area contributed by atoms with Gasteiger partial charge in [-0.1, -0.05) is 36.4 Å². The van der Waals surface area contributed by atoms with E-state index in [9.17, 15) is 9.59 Å². The van der Waals surface area contributed by atoms with Crippen LogP contribution in [0, 0.1) is 13.8 Å².